The molecule has 0 fully saturated rings. The summed E-state index contributed by atoms with van der Waals surface area (Å²) in [6, 6.07) is 5.58. The van der Waals surface area contributed by atoms with Crippen molar-refractivity contribution in [3.05, 3.63) is 65.0 Å². The summed E-state index contributed by atoms with van der Waals surface area (Å²) in [7, 11) is -1.74. The molecule has 3 aromatic rings. The van der Waals surface area contributed by atoms with Crippen molar-refractivity contribution in [2.75, 3.05) is 30.6 Å². The minimum Gasteiger partial charge on any atom is -0.339 e. The van der Waals surface area contributed by atoms with Crippen molar-refractivity contribution in [3.63, 3.8) is 0 Å². The Bertz CT molecular complexity index is 1380. The fourth-order valence-electron chi connectivity index (χ4n) is 3.99. The fourth-order valence-corrected chi connectivity index (χ4v) is 5.13. The number of ketones is 1. The van der Waals surface area contributed by atoms with Crippen molar-refractivity contribution < 1.29 is 22.0 Å². The van der Waals surface area contributed by atoms with Crippen molar-refractivity contribution >= 4 is 38.1 Å². The Hall–Kier alpha value is -3.11. The lowest BCUT2D eigenvalue weighted by molar-refractivity contribution is 0.0985. The number of likely N-dealkylation sites (N-methyl/N-ethyl adjacent to an activating group) is 1. The number of aromatic amines is 1. The van der Waals surface area contributed by atoms with Crippen LogP contribution >= 0.6 is 0 Å². The number of aromatic nitrogens is 2. The van der Waals surface area contributed by atoms with E-state index in [1.165, 1.54) is 11.8 Å². The molecule has 0 saturated heterocycles. The number of halogens is 2. The molecule has 2 N–H and O–H groups in total. The van der Waals surface area contributed by atoms with Crippen LogP contribution in [0.4, 0.5) is 14.5 Å². The van der Waals surface area contributed by atoms with Crippen molar-refractivity contribution in [1.29, 1.82) is 0 Å². The van der Waals surface area contributed by atoms with Gasteiger partial charge in [0.2, 0.25) is 10.0 Å². The molecule has 34 heavy (non-hydrogen) atoms. The maximum Gasteiger partial charge on any atom is 0.232 e. The molecule has 7 nitrogen and oxygen atoms in total. The minimum atomic E-state index is -3.80. The summed E-state index contributed by atoms with van der Waals surface area (Å²) in [6.07, 6.45) is 4.61. The van der Waals surface area contributed by atoms with Crippen LogP contribution in [0, 0.1) is 11.6 Å². The average molecular weight is 489 g/mol. The van der Waals surface area contributed by atoms with Gasteiger partial charge in [0.25, 0.3) is 0 Å². The fraction of sp³-hybridized carbons (Fsp3) is 0.333. The number of hydrogen-bond acceptors (Lipinski definition) is 5. The number of Topliss-reactive ketones (excluding diaryl/α,β-unsaturated/α-hetero) is 1. The molecule has 2 aromatic heterocycles. The van der Waals surface area contributed by atoms with E-state index in [2.05, 4.69) is 32.7 Å². The number of nitrogens with zero attached hydrogens (tertiary/aromatic N) is 2. The van der Waals surface area contributed by atoms with Crippen molar-refractivity contribution in [1.82, 2.24) is 14.9 Å². The standard InChI is InChI=1S/C24H26F2N4O3S/c1-3-10-34(32,33)29-19-5-4-18(25)22(23(19)26)21(31)12-15-11-17-13-20(28-24(17)27-14-15)16-6-8-30(2)9-7-16/h4-6,11,13-14,29H,3,7-10,12H2,1-2H3,(H,27,28). The van der Waals surface area contributed by atoms with Gasteiger partial charge in [0.05, 0.1) is 17.0 Å². The second kappa shape index (κ2) is 9.63. The van der Waals surface area contributed by atoms with Gasteiger partial charge in [0, 0.05) is 36.8 Å². The zero-order valence-electron chi connectivity index (χ0n) is 19.0. The summed E-state index contributed by atoms with van der Waals surface area (Å²) in [6.45, 7) is 3.49. The summed E-state index contributed by atoms with van der Waals surface area (Å²) in [5.41, 5.74) is 2.09. The molecule has 180 valence electrons. The van der Waals surface area contributed by atoms with E-state index in [0.717, 1.165) is 42.7 Å². The van der Waals surface area contributed by atoms with Gasteiger partial charge in [-0.2, -0.15) is 0 Å². The summed E-state index contributed by atoms with van der Waals surface area (Å²) in [5, 5.41) is 0.794. The van der Waals surface area contributed by atoms with Gasteiger partial charge in [-0.15, -0.1) is 0 Å². The predicted octanol–water partition coefficient (Wildman–Crippen LogP) is 4.14. The van der Waals surface area contributed by atoms with Gasteiger partial charge in [-0.25, -0.2) is 22.2 Å². The topological polar surface area (TPSA) is 95.2 Å². The number of anilines is 1. The van der Waals surface area contributed by atoms with E-state index in [9.17, 15) is 22.0 Å². The average Bonchev–Trinajstić information content (AvgIpc) is 3.19. The molecule has 10 heteroatoms. The van der Waals surface area contributed by atoms with Crippen molar-refractivity contribution in [2.24, 2.45) is 0 Å². The molecule has 1 aromatic carbocycles. The lowest BCUT2D eigenvalue weighted by Gasteiger charge is -2.21. The number of pyridine rings is 1. The highest BCUT2D eigenvalue weighted by molar-refractivity contribution is 7.92. The molecule has 0 bridgehead atoms. The highest BCUT2D eigenvalue weighted by Crippen LogP contribution is 2.27. The normalized spacial score (nSPS) is 14.9. The van der Waals surface area contributed by atoms with Crippen LogP contribution in [0.5, 0.6) is 0 Å². The van der Waals surface area contributed by atoms with Crippen LogP contribution in [0.2, 0.25) is 0 Å². The lowest BCUT2D eigenvalue weighted by atomic mass is 10.0. The molecule has 0 radical (unpaired) electrons. The quantitative estimate of drug-likeness (QED) is 0.465. The van der Waals surface area contributed by atoms with E-state index in [-0.39, 0.29) is 12.2 Å². The molecule has 0 amide bonds. The van der Waals surface area contributed by atoms with E-state index in [1.54, 1.807) is 13.0 Å². The SMILES string of the molecule is CCCS(=O)(=O)Nc1ccc(F)c(C(=O)Cc2cnc3[nH]c(C4=CCN(C)CC4)cc3c2)c1F. The van der Waals surface area contributed by atoms with E-state index in [1.807, 2.05) is 6.07 Å². The Labute approximate surface area is 196 Å². The van der Waals surface area contributed by atoms with Gasteiger partial charge >= 0.3 is 0 Å². The number of fused-ring (bicyclic) bond motifs is 1. The van der Waals surface area contributed by atoms with E-state index < -0.39 is 38.7 Å². The second-order valence-corrected chi connectivity index (χ2v) is 10.4. The van der Waals surface area contributed by atoms with Gasteiger partial charge in [-0.1, -0.05) is 13.0 Å². The van der Waals surface area contributed by atoms with Crippen LogP contribution < -0.4 is 4.72 Å². The summed E-state index contributed by atoms with van der Waals surface area (Å²) < 4.78 is 55.4. The maximum atomic E-state index is 14.9. The molecular weight excluding hydrogens is 462 g/mol. The summed E-state index contributed by atoms with van der Waals surface area (Å²) >= 11 is 0. The van der Waals surface area contributed by atoms with Gasteiger partial charge in [0.1, 0.15) is 11.5 Å². The second-order valence-electron chi connectivity index (χ2n) is 8.51. The Morgan fingerprint density at radius 2 is 2.06 bits per heavy atom. The Morgan fingerprint density at radius 3 is 2.76 bits per heavy atom. The van der Waals surface area contributed by atoms with E-state index in [0.29, 0.717) is 17.6 Å². The van der Waals surface area contributed by atoms with Crippen LogP contribution in [0.15, 0.2) is 36.5 Å². The highest BCUT2D eigenvalue weighted by Gasteiger charge is 2.23. The number of carbonyl (C=O) groups is 1. The molecule has 0 unspecified atom stereocenters. The molecule has 4 rings (SSSR count). The number of benzene rings is 1. The van der Waals surface area contributed by atoms with Crippen LogP contribution in [-0.2, 0) is 16.4 Å². The van der Waals surface area contributed by atoms with Crippen molar-refractivity contribution in [2.45, 2.75) is 26.2 Å². The largest absolute Gasteiger partial charge is 0.339 e. The number of sulfonamides is 1. The van der Waals surface area contributed by atoms with Crippen LogP contribution in [0.25, 0.3) is 16.6 Å². The first kappa shape index (κ1) is 24.0. The lowest BCUT2D eigenvalue weighted by Crippen LogP contribution is -2.23. The van der Waals surface area contributed by atoms with Gasteiger partial charge in [-0.3, -0.25) is 9.52 Å². The number of hydrogen-bond donors (Lipinski definition) is 2. The third kappa shape index (κ3) is 5.18. The number of H-pyrrole nitrogens is 1. The Balaban J connectivity index is 1.57. The first-order valence-electron chi connectivity index (χ1n) is 11.0. The molecule has 1 aliphatic heterocycles. The van der Waals surface area contributed by atoms with Crippen LogP contribution in [0.3, 0.4) is 0 Å². The number of carbonyl (C=O) groups excluding carboxylic acids is 1. The number of nitrogens with one attached hydrogen (secondary N) is 2. The third-order valence-corrected chi connectivity index (χ3v) is 7.23. The molecule has 3 heterocycles. The Kier molecular flexibility index (Phi) is 6.81. The van der Waals surface area contributed by atoms with Gasteiger partial charge < -0.3 is 9.88 Å². The predicted molar refractivity (Wildman–Crippen MR) is 128 cm³/mol. The van der Waals surface area contributed by atoms with Gasteiger partial charge in [0.15, 0.2) is 11.6 Å². The Morgan fingerprint density at radius 1 is 1.26 bits per heavy atom. The van der Waals surface area contributed by atoms with Crippen molar-refractivity contribution in [3.8, 4) is 0 Å². The zero-order chi connectivity index (χ0) is 24.5. The summed E-state index contributed by atoms with van der Waals surface area (Å²) in [5.74, 6) is -3.29. The smallest absolute Gasteiger partial charge is 0.232 e. The molecule has 0 spiro atoms. The molecular formula is C24H26F2N4O3S. The monoisotopic (exact) mass is 488 g/mol. The first-order valence-corrected chi connectivity index (χ1v) is 12.7. The molecule has 0 saturated carbocycles. The molecule has 0 aliphatic carbocycles. The highest BCUT2D eigenvalue weighted by atomic mass is 32.2. The van der Waals surface area contributed by atoms with Crippen LogP contribution in [-0.4, -0.2) is 55.0 Å². The van der Waals surface area contributed by atoms with Crippen LogP contribution in [0.1, 0.15) is 41.4 Å². The van der Waals surface area contributed by atoms with E-state index >= 15 is 0 Å². The minimum absolute atomic E-state index is 0.217. The number of rotatable bonds is 8. The summed E-state index contributed by atoms with van der Waals surface area (Å²) in [4.78, 5) is 22.7. The van der Waals surface area contributed by atoms with E-state index in [4.69, 9.17) is 0 Å². The third-order valence-electron chi connectivity index (χ3n) is 5.76. The maximum absolute atomic E-state index is 14.9. The molecule has 1 aliphatic rings. The zero-order valence-corrected chi connectivity index (χ0v) is 19.8. The first-order chi connectivity index (χ1) is 16.2. The molecule has 0 atom stereocenters. The van der Waals surface area contributed by atoms with Gasteiger partial charge in [-0.05, 0) is 55.3 Å².